The number of para-hydroxylation sites is 2. The van der Waals surface area contributed by atoms with Crippen LogP contribution in [0.15, 0.2) is 72.8 Å². The van der Waals surface area contributed by atoms with Crippen molar-refractivity contribution in [2.24, 2.45) is 0 Å². The van der Waals surface area contributed by atoms with Crippen molar-refractivity contribution in [2.45, 2.75) is 6.92 Å². The summed E-state index contributed by atoms with van der Waals surface area (Å²) < 4.78 is 10.8. The van der Waals surface area contributed by atoms with Crippen molar-refractivity contribution in [1.82, 2.24) is 0 Å². The van der Waals surface area contributed by atoms with E-state index in [9.17, 15) is 19.7 Å². The average Bonchev–Trinajstić information content (AvgIpc) is 2.79. The van der Waals surface area contributed by atoms with Crippen molar-refractivity contribution in [1.29, 1.82) is 0 Å². The van der Waals surface area contributed by atoms with Crippen LogP contribution in [0.3, 0.4) is 0 Å². The first-order valence-electron chi connectivity index (χ1n) is 9.74. The number of aryl methyl sites for hydroxylation is 1. The number of esters is 1. The second-order valence-electron chi connectivity index (χ2n) is 6.87. The summed E-state index contributed by atoms with van der Waals surface area (Å²) >= 11 is 5.76. The molecule has 0 unspecified atom stereocenters. The molecule has 0 heterocycles. The Morgan fingerprint density at radius 1 is 1.09 bits per heavy atom. The minimum absolute atomic E-state index is 0.0111. The van der Waals surface area contributed by atoms with E-state index in [1.165, 1.54) is 24.3 Å². The zero-order valence-corrected chi connectivity index (χ0v) is 18.2. The van der Waals surface area contributed by atoms with Gasteiger partial charge in [0.2, 0.25) is 0 Å². The van der Waals surface area contributed by atoms with E-state index in [0.717, 1.165) is 11.6 Å². The Labute approximate surface area is 194 Å². The van der Waals surface area contributed by atoms with Gasteiger partial charge in [-0.2, -0.15) is 0 Å². The Morgan fingerprint density at radius 2 is 1.82 bits per heavy atom. The van der Waals surface area contributed by atoms with Gasteiger partial charge in [0.1, 0.15) is 10.8 Å². The fraction of sp³-hybridized carbons (Fsp3) is 0.0833. The quantitative estimate of drug-likeness (QED) is 0.202. The number of nitrogens with zero attached hydrogens (tertiary/aromatic N) is 1. The van der Waals surface area contributed by atoms with Crippen LogP contribution in [0.2, 0.25) is 5.02 Å². The molecule has 168 valence electrons. The molecule has 0 aliphatic carbocycles. The van der Waals surface area contributed by atoms with Gasteiger partial charge in [0.15, 0.2) is 12.4 Å². The molecule has 9 heteroatoms. The van der Waals surface area contributed by atoms with Gasteiger partial charge in [0.25, 0.3) is 11.6 Å². The lowest BCUT2D eigenvalue weighted by molar-refractivity contribution is -0.384. The first-order chi connectivity index (χ1) is 15.8. The fourth-order valence-corrected chi connectivity index (χ4v) is 2.89. The number of nitro benzene ring substituents is 1. The molecule has 3 rings (SSSR count). The molecule has 3 aromatic rings. The van der Waals surface area contributed by atoms with Gasteiger partial charge in [0.05, 0.1) is 10.6 Å². The maximum Gasteiger partial charge on any atom is 0.331 e. The third-order valence-electron chi connectivity index (χ3n) is 4.33. The third kappa shape index (κ3) is 6.91. The third-order valence-corrected chi connectivity index (χ3v) is 4.65. The molecular formula is C24H19ClN2O6. The Bertz CT molecular complexity index is 1210. The Balaban J connectivity index is 1.56. The summed E-state index contributed by atoms with van der Waals surface area (Å²) in [5.41, 5.74) is 1.62. The molecule has 0 aromatic heterocycles. The zero-order chi connectivity index (χ0) is 23.8. The number of nitrogens with one attached hydrogen (secondary N) is 1. The molecule has 0 bridgehead atoms. The Morgan fingerprint density at radius 3 is 2.55 bits per heavy atom. The van der Waals surface area contributed by atoms with Crippen LogP contribution in [0.5, 0.6) is 11.5 Å². The molecule has 3 aromatic carbocycles. The van der Waals surface area contributed by atoms with Crippen LogP contribution in [0, 0.1) is 17.0 Å². The smallest absolute Gasteiger partial charge is 0.331 e. The predicted molar refractivity (Wildman–Crippen MR) is 124 cm³/mol. The number of amides is 1. The number of carbonyl (C=O) groups excluding carboxylic acids is 2. The number of rotatable bonds is 8. The normalized spacial score (nSPS) is 10.6. The predicted octanol–water partition coefficient (Wildman–Crippen LogP) is 5.54. The number of nitro groups is 1. The summed E-state index contributed by atoms with van der Waals surface area (Å²) in [6, 6.07) is 18.4. The van der Waals surface area contributed by atoms with Crippen LogP contribution < -0.4 is 10.1 Å². The van der Waals surface area contributed by atoms with Gasteiger partial charge in [-0.3, -0.25) is 14.9 Å². The van der Waals surface area contributed by atoms with Gasteiger partial charge in [-0.15, -0.1) is 0 Å². The molecule has 0 atom stereocenters. The van der Waals surface area contributed by atoms with Crippen LogP contribution in [-0.2, 0) is 14.3 Å². The van der Waals surface area contributed by atoms with Gasteiger partial charge in [-0.25, -0.2) is 4.79 Å². The van der Waals surface area contributed by atoms with Gasteiger partial charge in [-0.1, -0.05) is 47.5 Å². The minimum atomic E-state index is -0.785. The lowest BCUT2D eigenvalue weighted by atomic mass is 10.2. The summed E-state index contributed by atoms with van der Waals surface area (Å²) in [5.74, 6) is -0.294. The molecule has 8 nitrogen and oxygen atoms in total. The lowest BCUT2D eigenvalue weighted by Gasteiger charge is -2.12. The van der Waals surface area contributed by atoms with E-state index in [0.29, 0.717) is 22.7 Å². The molecule has 0 saturated heterocycles. The van der Waals surface area contributed by atoms with Crippen LogP contribution in [-0.4, -0.2) is 23.4 Å². The van der Waals surface area contributed by atoms with Crippen LogP contribution in [0.4, 0.5) is 11.4 Å². The number of hydrogen-bond acceptors (Lipinski definition) is 6. The number of carbonyl (C=O) groups is 2. The maximum absolute atomic E-state index is 12.2. The Hall–Kier alpha value is -4.17. The number of halogens is 1. The summed E-state index contributed by atoms with van der Waals surface area (Å²) in [7, 11) is 0. The molecule has 0 spiro atoms. The SMILES string of the molecule is Cc1ccc(Oc2ccccc2NC(=O)COC(=O)/C=C/c2ccc(Cl)c([N+](=O)[O-])c2)cc1. The van der Waals surface area contributed by atoms with E-state index < -0.39 is 23.4 Å². The molecule has 1 N–H and O–H groups in total. The molecule has 0 aliphatic rings. The van der Waals surface area contributed by atoms with Crippen molar-refractivity contribution in [3.63, 3.8) is 0 Å². The lowest BCUT2D eigenvalue weighted by Crippen LogP contribution is -2.20. The summed E-state index contributed by atoms with van der Waals surface area (Å²) in [6.45, 7) is 1.44. The number of benzene rings is 3. The summed E-state index contributed by atoms with van der Waals surface area (Å²) in [5, 5.41) is 13.6. The van der Waals surface area contributed by atoms with Crippen LogP contribution in [0.25, 0.3) is 6.08 Å². The molecule has 0 fully saturated rings. The highest BCUT2D eigenvalue weighted by atomic mass is 35.5. The maximum atomic E-state index is 12.2. The second-order valence-corrected chi connectivity index (χ2v) is 7.28. The van der Waals surface area contributed by atoms with E-state index in [1.807, 2.05) is 31.2 Å². The topological polar surface area (TPSA) is 108 Å². The average molecular weight is 467 g/mol. The van der Waals surface area contributed by atoms with Crippen LogP contribution >= 0.6 is 11.6 Å². The first-order valence-corrected chi connectivity index (χ1v) is 10.1. The molecular weight excluding hydrogens is 448 g/mol. The monoisotopic (exact) mass is 466 g/mol. The first kappa shape index (κ1) is 23.5. The van der Waals surface area contributed by atoms with E-state index in [2.05, 4.69) is 5.32 Å². The number of hydrogen-bond donors (Lipinski definition) is 1. The van der Waals surface area contributed by atoms with Crippen molar-refractivity contribution in [2.75, 3.05) is 11.9 Å². The second kappa shape index (κ2) is 10.9. The summed E-state index contributed by atoms with van der Waals surface area (Å²) in [4.78, 5) is 34.5. The van der Waals surface area contributed by atoms with E-state index >= 15 is 0 Å². The summed E-state index contributed by atoms with van der Waals surface area (Å²) in [6.07, 6.45) is 2.39. The molecule has 1 amide bonds. The van der Waals surface area contributed by atoms with Crippen molar-refractivity contribution < 1.29 is 24.0 Å². The molecule has 0 radical (unpaired) electrons. The van der Waals surface area contributed by atoms with Crippen molar-refractivity contribution >= 4 is 40.9 Å². The van der Waals surface area contributed by atoms with E-state index in [-0.39, 0.29) is 10.7 Å². The van der Waals surface area contributed by atoms with Crippen LogP contribution in [0.1, 0.15) is 11.1 Å². The largest absolute Gasteiger partial charge is 0.455 e. The molecule has 33 heavy (non-hydrogen) atoms. The highest BCUT2D eigenvalue weighted by Crippen LogP contribution is 2.29. The number of ether oxygens (including phenoxy) is 2. The highest BCUT2D eigenvalue weighted by Gasteiger charge is 2.13. The zero-order valence-electron chi connectivity index (χ0n) is 17.5. The molecule has 0 aliphatic heterocycles. The minimum Gasteiger partial charge on any atom is -0.455 e. The van der Waals surface area contributed by atoms with Crippen molar-refractivity contribution in [3.8, 4) is 11.5 Å². The van der Waals surface area contributed by atoms with E-state index in [4.69, 9.17) is 21.1 Å². The van der Waals surface area contributed by atoms with Crippen molar-refractivity contribution in [3.05, 3.63) is 99.1 Å². The van der Waals surface area contributed by atoms with Gasteiger partial charge in [0, 0.05) is 12.1 Å². The fourth-order valence-electron chi connectivity index (χ4n) is 2.70. The standard InChI is InChI=1S/C24H19ClN2O6/c1-16-6-10-18(11-7-16)33-22-5-3-2-4-20(22)26-23(28)15-32-24(29)13-9-17-8-12-19(25)21(14-17)27(30)31/h2-14H,15H2,1H3,(H,26,28)/b13-9+. The highest BCUT2D eigenvalue weighted by molar-refractivity contribution is 6.32. The van der Waals surface area contributed by atoms with Gasteiger partial charge in [-0.05, 0) is 48.9 Å². The molecule has 0 saturated carbocycles. The van der Waals surface area contributed by atoms with E-state index in [1.54, 1.807) is 24.3 Å². The number of anilines is 1. The van der Waals surface area contributed by atoms with Gasteiger partial charge < -0.3 is 14.8 Å². The Kier molecular flexibility index (Phi) is 7.77. The van der Waals surface area contributed by atoms with Gasteiger partial charge >= 0.3 is 5.97 Å².